The number of hydrogen-bond donors (Lipinski definition) is 2. The Bertz CT molecular complexity index is 225. The lowest BCUT2D eigenvalue weighted by molar-refractivity contribution is 1.66. The maximum absolute atomic E-state index is 5.58. The molecule has 1 rings (SSSR count). The summed E-state index contributed by atoms with van der Waals surface area (Å²) in [6.45, 7) is 0. The summed E-state index contributed by atoms with van der Waals surface area (Å²) in [4.78, 5) is 0. The third-order valence-corrected chi connectivity index (χ3v) is 1.28. The van der Waals surface area contributed by atoms with Gasteiger partial charge in [0, 0.05) is 5.02 Å². The second-order valence-corrected chi connectivity index (χ2v) is 2.21. The first-order valence-corrected chi connectivity index (χ1v) is 2.88. The van der Waals surface area contributed by atoms with Gasteiger partial charge in [-0.05, 0) is 18.2 Å². The summed E-state index contributed by atoms with van der Waals surface area (Å²) in [5, 5.41) is 0.613. The van der Waals surface area contributed by atoms with Crippen LogP contribution < -0.4 is 11.5 Å². The third kappa shape index (κ3) is 1.97. The number of halogens is 2. The van der Waals surface area contributed by atoms with Gasteiger partial charge in [-0.1, -0.05) is 11.6 Å². The summed E-state index contributed by atoms with van der Waals surface area (Å²) >= 11 is 5.58. The van der Waals surface area contributed by atoms with Crippen molar-refractivity contribution in [2.24, 2.45) is 0 Å². The SMILES string of the molecule is Cl.Nc1ccc(Cl)cc1N. The van der Waals surface area contributed by atoms with E-state index in [1.807, 2.05) is 0 Å². The highest BCUT2D eigenvalue weighted by atomic mass is 35.5. The summed E-state index contributed by atoms with van der Waals surface area (Å²) in [6.07, 6.45) is 0. The van der Waals surface area contributed by atoms with E-state index in [2.05, 4.69) is 0 Å². The topological polar surface area (TPSA) is 52.0 Å². The van der Waals surface area contributed by atoms with Crippen molar-refractivity contribution in [1.29, 1.82) is 0 Å². The molecule has 0 fully saturated rings. The Morgan fingerprint density at radius 1 is 1.10 bits per heavy atom. The standard InChI is InChI=1S/C6H7ClN2.ClH/c7-4-1-2-5(8)6(9)3-4;/h1-3H,8-9H2;1H. The van der Waals surface area contributed by atoms with Gasteiger partial charge >= 0.3 is 0 Å². The predicted octanol–water partition coefficient (Wildman–Crippen LogP) is 1.93. The molecule has 4 heteroatoms. The van der Waals surface area contributed by atoms with Crippen molar-refractivity contribution in [2.45, 2.75) is 0 Å². The van der Waals surface area contributed by atoms with Crippen LogP contribution in [0.3, 0.4) is 0 Å². The Hall–Kier alpha value is -0.600. The first-order chi connectivity index (χ1) is 4.20. The molecule has 0 saturated heterocycles. The molecule has 1 aromatic rings. The molecule has 0 radical (unpaired) electrons. The fourth-order valence-corrected chi connectivity index (χ4v) is 0.726. The minimum absolute atomic E-state index is 0. The van der Waals surface area contributed by atoms with Gasteiger partial charge in [0.15, 0.2) is 0 Å². The Labute approximate surface area is 70.6 Å². The zero-order valence-electron chi connectivity index (χ0n) is 5.17. The van der Waals surface area contributed by atoms with Crippen LogP contribution in [0.25, 0.3) is 0 Å². The molecular weight excluding hydrogens is 171 g/mol. The molecule has 0 aliphatic rings. The summed E-state index contributed by atoms with van der Waals surface area (Å²) in [5.74, 6) is 0. The molecule has 0 aromatic heterocycles. The van der Waals surface area contributed by atoms with Crippen molar-refractivity contribution in [3.8, 4) is 0 Å². The molecule has 0 atom stereocenters. The maximum Gasteiger partial charge on any atom is 0.0562 e. The number of benzene rings is 1. The minimum Gasteiger partial charge on any atom is -0.397 e. The smallest absolute Gasteiger partial charge is 0.0562 e. The van der Waals surface area contributed by atoms with Gasteiger partial charge < -0.3 is 11.5 Å². The fraction of sp³-hybridized carbons (Fsp3) is 0. The fourth-order valence-electron chi connectivity index (χ4n) is 0.546. The average molecular weight is 179 g/mol. The van der Waals surface area contributed by atoms with Crippen LogP contribution in [0.2, 0.25) is 5.02 Å². The van der Waals surface area contributed by atoms with Gasteiger partial charge in [0.05, 0.1) is 11.4 Å². The maximum atomic E-state index is 5.58. The Kier molecular flexibility index (Phi) is 3.33. The van der Waals surface area contributed by atoms with Gasteiger partial charge in [0.1, 0.15) is 0 Å². The van der Waals surface area contributed by atoms with Crippen LogP contribution in [0.5, 0.6) is 0 Å². The van der Waals surface area contributed by atoms with Crippen LogP contribution in [0.1, 0.15) is 0 Å². The van der Waals surface area contributed by atoms with Crippen molar-refractivity contribution in [3.05, 3.63) is 23.2 Å². The lowest BCUT2D eigenvalue weighted by atomic mass is 10.3. The summed E-state index contributed by atoms with van der Waals surface area (Å²) in [7, 11) is 0. The normalized spacial score (nSPS) is 8.50. The van der Waals surface area contributed by atoms with Gasteiger partial charge in [-0.3, -0.25) is 0 Å². The van der Waals surface area contributed by atoms with Crippen LogP contribution in [-0.4, -0.2) is 0 Å². The van der Waals surface area contributed by atoms with E-state index in [0.29, 0.717) is 16.4 Å². The highest BCUT2D eigenvalue weighted by Gasteiger charge is 1.91. The van der Waals surface area contributed by atoms with Gasteiger partial charge in [-0.25, -0.2) is 0 Å². The van der Waals surface area contributed by atoms with Gasteiger partial charge in [0.2, 0.25) is 0 Å². The number of anilines is 2. The molecule has 10 heavy (non-hydrogen) atoms. The van der Waals surface area contributed by atoms with Crippen LogP contribution in [-0.2, 0) is 0 Å². The molecule has 0 heterocycles. The quantitative estimate of drug-likeness (QED) is 0.597. The highest BCUT2D eigenvalue weighted by Crippen LogP contribution is 2.18. The molecule has 1 aromatic carbocycles. The van der Waals surface area contributed by atoms with E-state index < -0.39 is 0 Å². The lowest BCUT2D eigenvalue weighted by Gasteiger charge is -1.97. The Morgan fingerprint density at radius 2 is 1.70 bits per heavy atom. The molecule has 56 valence electrons. The number of rotatable bonds is 0. The van der Waals surface area contributed by atoms with E-state index in [-0.39, 0.29) is 12.4 Å². The molecule has 0 unspecified atom stereocenters. The molecule has 0 saturated carbocycles. The van der Waals surface area contributed by atoms with Crippen molar-refractivity contribution in [3.63, 3.8) is 0 Å². The number of nitrogen functional groups attached to an aromatic ring is 2. The summed E-state index contributed by atoms with van der Waals surface area (Å²) < 4.78 is 0. The number of hydrogen-bond acceptors (Lipinski definition) is 2. The molecule has 4 N–H and O–H groups in total. The van der Waals surface area contributed by atoms with Crippen LogP contribution >= 0.6 is 24.0 Å². The molecule has 2 nitrogen and oxygen atoms in total. The Morgan fingerprint density at radius 3 is 2.10 bits per heavy atom. The Balaban J connectivity index is 0.000000810. The van der Waals surface area contributed by atoms with Crippen molar-refractivity contribution >= 4 is 35.4 Å². The first-order valence-electron chi connectivity index (χ1n) is 2.50. The van der Waals surface area contributed by atoms with E-state index in [9.17, 15) is 0 Å². The van der Waals surface area contributed by atoms with E-state index >= 15 is 0 Å². The zero-order chi connectivity index (χ0) is 6.85. The first kappa shape index (κ1) is 9.40. The van der Waals surface area contributed by atoms with E-state index in [1.165, 1.54) is 0 Å². The van der Waals surface area contributed by atoms with Crippen molar-refractivity contribution < 1.29 is 0 Å². The van der Waals surface area contributed by atoms with Crippen LogP contribution in [0, 0.1) is 0 Å². The van der Waals surface area contributed by atoms with E-state index in [0.717, 1.165) is 0 Å². The van der Waals surface area contributed by atoms with Crippen molar-refractivity contribution in [2.75, 3.05) is 11.5 Å². The lowest BCUT2D eigenvalue weighted by Crippen LogP contribution is -1.92. The third-order valence-electron chi connectivity index (χ3n) is 1.05. The van der Waals surface area contributed by atoms with E-state index in [1.54, 1.807) is 18.2 Å². The zero-order valence-corrected chi connectivity index (χ0v) is 6.75. The minimum atomic E-state index is 0. The second kappa shape index (κ2) is 3.54. The van der Waals surface area contributed by atoms with Crippen LogP contribution in [0.15, 0.2) is 18.2 Å². The van der Waals surface area contributed by atoms with Gasteiger partial charge in [-0.2, -0.15) is 0 Å². The van der Waals surface area contributed by atoms with Crippen LogP contribution in [0.4, 0.5) is 11.4 Å². The summed E-state index contributed by atoms with van der Waals surface area (Å²) in [6, 6.07) is 5.00. The number of nitrogens with two attached hydrogens (primary N) is 2. The molecule has 0 bridgehead atoms. The second-order valence-electron chi connectivity index (χ2n) is 1.77. The monoisotopic (exact) mass is 178 g/mol. The summed E-state index contributed by atoms with van der Waals surface area (Å²) in [5.41, 5.74) is 11.9. The highest BCUT2D eigenvalue weighted by molar-refractivity contribution is 6.31. The largest absolute Gasteiger partial charge is 0.397 e. The molecule has 0 aliphatic carbocycles. The van der Waals surface area contributed by atoms with E-state index in [4.69, 9.17) is 23.1 Å². The molecule has 0 amide bonds. The predicted molar refractivity (Wildman–Crippen MR) is 47.5 cm³/mol. The molecular formula is C6H8Cl2N2. The van der Waals surface area contributed by atoms with Gasteiger partial charge in [-0.15, -0.1) is 12.4 Å². The van der Waals surface area contributed by atoms with Crippen molar-refractivity contribution in [1.82, 2.24) is 0 Å². The van der Waals surface area contributed by atoms with Gasteiger partial charge in [0.25, 0.3) is 0 Å². The molecule has 0 spiro atoms. The molecule has 0 aliphatic heterocycles. The average Bonchev–Trinajstić information content (AvgIpc) is 1.80.